The Hall–Kier alpha value is -3.63. The van der Waals surface area contributed by atoms with Crippen LogP contribution >= 0.6 is 0 Å². The second-order valence-corrected chi connectivity index (χ2v) is 7.80. The zero-order chi connectivity index (χ0) is 21.6. The molecule has 7 heteroatoms. The van der Waals surface area contributed by atoms with E-state index in [9.17, 15) is 4.79 Å². The summed E-state index contributed by atoms with van der Waals surface area (Å²) < 4.78 is 1.99. The van der Waals surface area contributed by atoms with Crippen LogP contribution < -0.4 is 5.32 Å². The van der Waals surface area contributed by atoms with Crippen molar-refractivity contribution in [3.8, 4) is 6.07 Å². The quantitative estimate of drug-likeness (QED) is 0.690. The molecule has 7 nitrogen and oxygen atoms in total. The Labute approximate surface area is 182 Å². The third-order valence-corrected chi connectivity index (χ3v) is 5.75. The molecule has 1 unspecified atom stereocenters. The number of rotatable bonds is 5. The second-order valence-electron chi connectivity index (χ2n) is 7.80. The van der Waals surface area contributed by atoms with Crippen molar-refractivity contribution in [2.24, 2.45) is 0 Å². The first-order chi connectivity index (χ1) is 15.1. The molecule has 4 rings (SSSR count). The van der Waals surface area contributed by atoms with E-state index in [1.54, 1.807) is 12.5 Å². The number of nitriles is 1. The van der Waals surface area contributed by atoms with Gasteiger partial charge in [-0.1, -0.05) is 24.3 Å². The Kier molecular flexibility index (Phi) is 6.29. The van der Waals surface area contributed by atoms with Crippen LogP contribution in [0.1, 0.15) is 29.7 Å². The largest absolute Gasteiger partial charge is 0.333 e. The predicted molar refractivity (Wildman–Crippen MR) is 120 cm³/mol. The standard InChI is InChI=1S/C24H26N6O/c1-19(22-6-2-4-20(14-22)16-25)29-10-12-30(13-11-29)24(31)27-23-7-3-5-21(15-23)17-28-9-8-26-18-28/h2-9,14-15,18-19H,10-13,17H2,1H3,(H,27,31). The summed E-state index contributed by atoms with van der Waals surface area (Å²) in [6.45, 7) is 5.80. The van der Waals surface area contributed by atoms with E-state index in [-0.39, 0.29) is 12.1 Å². The molecule has 2 aromatic carbocycles. The Morgan fingerprint density at radius 3 is 2.71 bits per heavy atom. The molecule has 1 saturated heterocycles. The lowest BCUT2D eigenvalue weighted by molar-refractivity contribution is 0.119. The lowest BCUT2D eigenvalue weighted by Gasteiger charge is -2.38. The number of anilines is 1. The molecule has 1 aliphatic heterocycles. The number of benzene rings is 2. The smallest absolute Gasteiger partial charge is 0.321 e. The van der Waals surface area contributed by atoms with Crippen LogP contribution in [0.4, 0.5) is 10.5 Å². The molecule has 1 aromatic heterocycles. The van der Waals surface area contributed by atoms with Gasteiger partial charge in [-0.25, -0.2) is 9.78 Å². The minimum atomic E-state index is -0.0708. The highest BCUT2D eigenvalue weighted by molar-refractivity contribution is 5.89. The maximum atomic E-state index is 12.8. The van der Waals surface area contributed by atoms with Gasteiger partial charge in [-0.15, -0.1) is 0 Å². The summed E-state index contributed by atoms with van der Waals surface area (Å²) in [4.78, 5) is 21.0. The van der Waals surface area contributed by atoms with E-state index in [1.165, 1.54) is 0 Å². The molecular weight excluding hydrogens is 388 g/mol. The molecule has 2 amide bonds. The third kappa shape index (κ3) is 5.11. The molecule has 2 heterocycles. The Bertz CT molecular complexity index is 1060. The SMILES string of the molecule is CC(c1cccc(C#N)c1)N1CCN(C(=O)Nc2cccc(Cn3ccnc3)c2)CC1. The fourth-order valence-corrected chi connectivity index (χ4v) is 3.93. The number of carbonyl (C=O) groups excluding carboxylic acids is 1. The van der Waals surface area contributed by atoms with Gasteiger partial charge in [-0.2, -0.15) is 5.26 Å². The van der Waals surface area contributed by atoms with Gasteiger partial charge in [0.2, 0.25) is 0 Å². The van der Waals surface area contributed by atoms with Gasteiger partial charge >= 0.3 is 6.03 Å². The molecule has 0 aliphatic carbocycles. The van der Waals surface area contributed by atoms with Crippen LogP contribution in [0.3, 0.4) is 0 Å². The van der Waals surface area contributed by atoms with Crippen molar-refractivity contribution in [1.29, 1.82) is 5.26 Å². The van der Waals surface area contributed by atoms with Crippen LogP contribution in [-0.2, 0) is 6.54 Å². The molecule has 1 atom stereocenters. The average Bonchev–Trinajstić information content (AvgIpc) is 3.32. The van der Waals surface area contributed by atoms with Crippen LogP contribution in [-0.4, -0.2) is 51.6 Å². The minimum absolute atomic E-state index is 0.0708. The molecule has 0 saturated carbocycles. The van der Waals surface area contributed by atoms with E-state index in [0.29, 0.717) is 25.2 Å². The lowest BCUT2D eigenvalue weighted by Crippen LogP contribution is -2.50. The van der Waals surface area contributed by atoms with Gasteiger partial charge in [-0.05, 0) is 42.3 Å². The highest BCUT2D eigenvalue weighted by Gasteiger charge is 2.25. The zero-order valence-corrected chi connectivity index (χ0v) is 17.6. The number of amides is 2. The third-order valence-electron chi connectivity index (χ3n) is 5.75. The van der Waals surface area contributed by atoms with Crippen LogP contribution in [0.15, 0.2) is 67.3 Å². The van der Waals surface area contributed by atoms with Crippen molar-refractivity contribution in [1.82, 2.24) is 19.4 Å². The Balaban J connectivity index is 1.32. The van der Waals surface area contributed by atoms with Crippen LogP contribution in [0.5, 0.6) is 0 Å². The molecule has 1 fully saturated rings. The number of hydrogen-bond donors (Lipinski definition) is 1. The molecule has 0 bridgehead atoms. The summed E-state index contributed by atoms with van der Waals surface area (Å²) in [6.07, 6.45) is 5.46. The van der Waals surface area contributed by atoms with Crippen LogP contribution in [0, 0.1) is 11.3 Å². The maximum absolute atomic E-state index is 12.8. The minimum Gasteiger partial charge on any atom is -0.333 e. The number of piperazine rings is 1. The van der Waals surface area contributed by atoms with Crippen molar-refractivity contribution in [3.63, 3.8) is 0 Å². The van der Waals surface area contributed by atoms with Gasteiger partial charge in [0.15, 0.2) is 0 Å². The van der Waals surface area contributed by atoms with E-state index >= 15 is 0 Å². The van der Waals surface area contributed by atoms with Crippen molar-refractivity contribution >= 4 is 11.7 Å². The predicted octanol–water partition coefficient (Wildman–Crippen LogP) is 3.71. The van der Waals surface area contributed by atoms with Crippen molar-refractivity contribution in [2.75, 3.05) is 31.5 Å². The fraction of sp³-hybridized carbons (Fsp3) is 0.292. The maximum Gasteiger partial charge on any atom is 0.321 e. The number of imidazole rings is 1. The molecule has 0 spiro atoms. The van der Waals surface area contributed by atoms with E-state index in [4.69, 9.17) is 5.26 Å². The Morgan fingerprint density at radius 2 is 1.97 bits per heavy atom. The summed E-state index contributed by atoms with van der Waals surface area (Å²) in [6, 6.07) is 18.0. The first-order valence-electron chi connectivity index (χ1n) is 10.5. The topological polar surface area (TPSA) is 77.2 Å². The van der Waals surface area contributed by atoms with Gasteiger partial charge in [0.05, 0.1) is 18.0 Å². The number of urea groups is 1. The van der Waals surface area contributed by atoms with E-state index in [1.807, 2.05) is 58.1 Å². The summed E-state index contributed by atoms with van der Waals surface area (Å²) in [7, 11) is 0. The van der Waals surface area contributed by atoms with E-state index in [2.05, 4.69) is 34.3 Å². The van der Waals surface area contributed by atoms with Gasteiger partial charge in [0.25, 0.3) is 0 Å². The number of hydrogen-bond acceptors (Lipinski definition) is 4. The highest BCUT2D eigenvalue weighted by Crippen LogP contribution is 2.23. The summed E-state index contributed by atoms with van der Waals surface area (Å²) in [5.41, 5.74) is 3.71. The number of carbonyl (C=O) groups is 1. The van der Waals surface area contributed by atoms with Crippen molar-refractivity contribution in [3.05, 3.63) is 83.9 Å². The highest BCUT2D eigenvalue weighted by atomic mass is 16.2. The lowest BCUT2D eigenvalue weighted by atomic mass is 10.0. The van der Waals surface area contributed by atoms with Crippen LogP contribution in [0.25, 0.3) is 0 Å². The average molecular weight is 415 g/mol. The first kappa shape index (κ1) is 20.6. The van der Waals surface area contributed by atoms with Gasteiger partial charge < -0.3 is 14.8 Å². The van der Waals surface area contributed by atoms with E-state index < -0.39 is 0 Å². The fourth-order valence-electron chi connectivity index (χ4n) is 3.93. The van der Waals surface area contributed by atoms with Crippen molar-refractivity contribution < 1.29 is 4.79 Å². The van der Waals surface area contributed by atoms with Crippen molar-refractivity contribution in [2.45, 2.75) is 19.5 Å². The normalized spacial score (nSPS) is 15.3. The van der Waals surface area contributed by atoms with Gasteiger partial charge in [0.1, 0.15) is 0 Å². The Morgan fingerprint density at radius 1 is 1.16 bits per heavy atom. The van der Waals surface area contributed by atoms with E-state index in [0.717, 1.165) is 29.9 Å². The summed E-state index contributed by atoms with van der Waals surface area (Å²) >= 11 is 0. The number of nitrogens with one attached hydrogen (secondary N) is 1. The molecule has 3 aromatic rings. The number of nitrogens with zero attached hydrogens (tertiary/aromatic N) is 5. The number of aromatic nitrogens is 2. The molecule has 1 aliphatic rings. The first-order valence-corrected chi connectivity index (χ1v) is 10.5. The second kappa shape index (κ2) is 9.45. The van der Waals surface area contributed by atoms with Gasteiger partial charge in [0, 0.05) is 56.8 Å². The summed E-state index contributed by atoms with van der Waals surface area (Å²) in [5.74, 6) is 0. The van der Waals surface area contributed by atoms with Gasteiger partial charge in [-0.3, -0.25) is 4.90 Å². The molecule has 31 heavy (non-hydrogen) atoms. The summed E-state index contributed by atoms with van der Waals surface area (Å²) in [5, 5.41) is 12.2. The zero-order valence-electron chi connectivity index (χ0n) is 17.6. The molecule has 158 valence electrons. The molecule has 1 N–H and O–H groups in total. The van der Waals surface area contributed by atoms with Crippen LogP contribution in [0.2, 0.25) is 0 Å². The monoisotopic (exact) mass is 414 g/mol. The molecular formula is C24H26N6O. The molecule has 0 radical (unpaired) electrons.